The number of unbranched alkanes of at least 4 members (excludes halogenated alkanes) is 35. The van der Waals surface area contributed by atoms with Crippen LogP contribution in [0.3, 0.4) is 0 Å². The maximum atomic E-state index is 12.5. The summed E-state index contributed by atoms with van der Waals surface area (Å²) >= 11 is 0. The van der Waals surface area contributed by atoms with Crippen LogP contribution in [0.25, 0.3) is 0 Å². The molecule has 0 aromatic carbocycles. The number of hydrogen-bond acceptors (Lipinski definition) is 5. The van der Waals surface area contributed by atoms with E-state index >= 15 is 0 Å². The zero-order valence-corrected chi connectivity index (χ0v) is 39.0. The molecule has 0 aliphatic rings. The van der Waals surface area contributed by atoms with E-state index in [-0.39, 0.29) is 18.5 Å². The number of aliphatic hydroxyl groups excluding tert-OH is 2. The third-order valence-electron chi connectivity index (χ3n) is 12.1. The van der Waals surface area contributed by atoms with E-state index in [9.17, 15) is 19.8 Å². The standard InChI is InChI=1S/C52H101NO5/c1-3-5-7-9-11-13-15-17-19-20-21-22-24-28-32-36-40-44-50(55)49(48-54)53-51(56)45-41-37-33-29-26-27-31-35-39-43-47-58-52(57)46-42-38-34-30-25-23-18-16-14-12-10-8-6-4-2/h16,18,49-50,54-55H,3-15,17,19-48H2,1-2H3,(H,53,56)/b18-16-. The predicted molar refractivity (Wildman–Crippen MR) is 250 cm³/mol. The largest absolute Gasteiger partial charge is 0.466 e. The van der Waals surface area contributed by atoms with Crippen LogP contribution in [0.2, 0.25) is 0 Å². The summed E-state index contributed by atoms with van der Waals surface area (Å²) < 4.78 is 5.45. The number of hydrogen-bond donors (Lipinski definition) is 3. The molecular formula is C52H101NO5. The quantitative estimate of drug-likeness (QED) is 0.0323. The van der Waals surface area contributed by atoms with Gasteiger partial charge < -0.3 is 20.3 Å². The van der Waals surface area contributed by atoms with Gasteiger partial charge in [-0.05, 0) is 51.4 Å². The maximum absolute atomic E-state index is 12.5. The molecule has 0 spiro atoms. The number of carbonyl (C=O) groups is 2. The summed E-state index contributed by atoms with van der Waals surface area (Å²) in [7, 11) is 0. The molecule has 6 nitrogen and oxygen atoms in total. The van der Waals surface area contributed by atoms with Crippen molar-refractivity contribution in [2.45, 2.75) is 296 Å². The minimum atomic E-state index is -0.678. The molecule has 0 saturated heterocycles. The van der Waals surface area contributed by atoms with Crippen molar-refractivity contribution in [2.75, 3.05) is 13.2 Å². The Labute approximate surface area is 361 Å². The van der Waals surface area contributed by atoms with Crippen molar-refractivity contribution in [2.24, 2.45) is 0 Å². The molecule has 2 atom stereocenters. The van der Waals surface area contributed by atoms with Crippen molar-refractivity contribution in [3.63, 3.8) is 0 Å². The molecule has 3 N–H and O–H groups in total. The van der Waals surface area contributed by atoms with Crippen LogP contribution < -0.4 is 5.32 Å². The molecule has 2 unspecified atom stereocenters. The van der Waals surface area contributed by atoms with Gasteiger partial charge in [0.2, 0.25) is 5.91 Å². The highest BCUT2D eigenvalue weighted by molar-refractivity contribution is 5.76. The molecule has 6 heteroatoms. The molecule has 0 radical (unpaired) electrons. The number of nitrogens with one attached hydrogen (secondary N) is 1. The van der Waals surface area contributed by atoms with Crippen LogP contribution in [0.4, 0.5) is 0 Å². The van der Waals surface area contributed by atoms with Crippen molar-refractivity contribution in [1.82, 2.24) is 5.32 Å². The average molecular weight is 820 g/mol. The molecule has 344 valence electrons. The number of rotatable bonds is 48. The number of ether oxygens (including phenoxy) is 1. The lowest BCUT2D eigenvalue weighted by Crippen LogP contribution is -2.45. The zero-order chi connectivity index (χ0) is 42.3. The Hall–Kier alpha value is -1.40. The fourth-order valence-electron chi connectivity index (χ4n) is 8.05. The Morgan fingerprint density at radius 3 is 1.22 bits per heavy atom. The van der Waals surface area contributed by atoms with E-state index in [4.69, 9.17) is 4.74 Å². The van der Waals surface area contributed by atoms with Crippen molar-refractivity contribution >= 4 is 11.9 Å². The van der Waals surface area contributed by atoms with Crippen molar-refractivity contribution in [3.05, 3.63) is 12.2 Å². The monoisotopic (exact) mass is 820 g/mol. The molecule has 0 aromatic rings. The SMILES string of the molecule is CCCCCCC/C=C\CCCCCCCC(=O)OCCCCCCCCCCCCC(=O)NC(CO)C(O)CCCCCCCCCCCCCCCCCCC. The second-order valence-corrected chi connectivity index (χ2v) is 17.9. The Morgan fingerprint density at radius 2 is 0.810 bits per heavy atom. The predicted octanol–water partition coefficient (Wildman–Crippen LogP) is 15.3. The molecule has 58 heavy (non-hydrogen) atoms. The van der Waals surface area contributed by atoms with E-state index in [1.807, 2.05) is 0 Å². The number of esters is 1. The van der Waals surface area contributed by atoms with Crippen molar-refractivity contribution in [1.29, 1.82) is 0 Å². The molecule has 0 saturated carbocycles. The van der Waals surface area contributed by atoms with Gasteiger partial charge in [-0.3, -0.25) is 9.59 Å². The first-order valence-electron chi connectivity index (χ1n) is 25.9. The van der Waals surface area contributed by atoms with Gasteiger partial charge in [-0.2, -0.15) is 0 Å². The van der Waals surface area contributed by atoms with Gasteiger partial charge >= 0.3 is 5.97 Å². The van der Waals surface area contributed by atoms with Gasteiger partial charge in [0.15, 0.2) is 0 Å². The van der Waals surface area contributed by atoms with E-state index in [0.29, 0.717) is 25.9 Å². The molecule has 0 heterocycles. The number of allylic oxidation sites excluding steroid dienone is 2. The second kappa shape index (κ2) is 48.3. The Balaban J connectivity index is 3.48. The van der Waals surface area contributed by atoms with Gasteiger partial charge in [0, 0.05) is 12.8 Å². The van der Waals surface area contributed by atoms with Crippen LogP contribution in [0, 0.1) is 0 Å². The highest BCUT2D eigenvalue weighted by Gasteiger charge is 2.20. The summed E-state index contributed by atoms with van der Waals surface area (Å²) in [4.78, 5) is 24.5. The van der Waals surface area contributed by atoms with Crippen LogP contribution in [0.15, 0.2) is 12.2 Å². The van der Waals surface area contributed by atoms with E-state index in [0.717, 1.165) is 57.8 Å². The smallest absolute Gasteiger partial charge is 0.305 e. The summed E-state index contributed by atoms with van der Waals surface area (Å²) in [5.41, 5.74) is 0. The fraction of sp³-hybridized carbons (Fsp3) is 0.923. The van der Waals surface area contributed by atoms with Gasteiger partial charge in [-0.25, -0.2) is 0 Å². The van der Waals surface area contributed by atoms with Crippen LogP contribution in [-0.4, -0.2) is 47.4 Å². The maximum Gasteiger partial charge on any atom is 0.305 e. The zero-order valence-electron chi connectivity index (χ0n) is 39.0. The van der Waals surface area contributed by atoms with Crippen LogP contribution >= 0.6 is 0 Å². The molecule has 0 aliphatic heterocycles. The highest BCUT2D eigenvalue weighted by Crippen LogP contribution is 2.17. The lowest BCUT2D eigenvalue weighted by Gasteiger charge is -2.22. The van der Waals surface area contributed by atoms with Crippen molar-refractivity contribution in [3.8, 4) is 0 Å². The third kappa shape index (κ3) is 44.2. The Kier molecular flexibility index (Phi) is 47.1. The van der Waals surface area contributed by atoms with E-state index in [2.05, 4.69) is 31.3 Å². The molecule has 1 amide bonds. The molecule has 0 rings (SSSR count). The van der Waals surface area contributed by atoms with Gasteiger partial charge in [0.05, 0.1) is 25.4 Å². The summed E-state index contributed by atoms with van der Waals surface area (Å²) in [6, 6.07) is -0.558. The van der Waals surface area contributed by atoms with E-state index in [1.54, 1.807) is 0 Å². The summed E-state index contributed by atoms with van der Waals surface area (Å²) in [5.74, 6) is -0.0832. The molecule has 0 aliphatic carbocycles. The molecule has 0 aromatic heterocycles. The summed E-state index contributed by atoms with van der Waals surface area (Å²) in [6.07, 6.45) is 54.6. The van der Waals surface area contributed by atoms with E-state index < -0.39 is 12.1 Å². The second-order valence-electron chi connectivity index (χ2n) is 17.9. The minimum Gasteiger partial charge on any atom is -0.466 e. The van der Waals surface area contributed by atoms with Crippen LogP contribution in [0.5, 0.6) is 0 Å². The third-order valence-corrected chi connectivity index (χ3v) is 12.1. The topological polar surface area (TPSA) is 95.9 Å². The highest BCUT2D eigenvalue weighted by atomic mass is 16.5. The fourth-order valence-corrected chi connectivity index (χ4v) is 8.05. The number of amides is 1. The van der Waals surface area contributed by atoms with Gasteiger partial charge in [-0.1, -0.05) is 231 Å². The first-order valence-corrected chi connectivity index (χ1v) is 25.9. The lowest BCUT2D eigenvalue weighted by molar-refractivity contribution is -0.143. The Morgan fingerprint density at radius 1 is 0.466 bits per heavy atom. The molecular weight excluding hydrogens is 719 g/mol. The first-order chi connectivity index (χ1) is 28.5. The first kappa shape index (κ1) is 56.6. The van der Waals surface area contributed by atoms with Crippen molar-refractivity contribution < 1.29 is 24.5 Å². The number of carbonyl (C=O) groups excluding carboxylic acids is 2. The van der Waals surface area contributed by atoms with E-state index in [1.165, 1.54) is 193 Å². The van der Waals surface area contributed by atoms with Gasteiger partial charge in [-0.15, -0.1) is 0 Å². The average Bonchev–Trinajstić information content (AvgIpc) is 3.22. The Bertz CT molecular complexity index is 863. The van der Waals surface area contributed by atoms with Gasteiger partial charge in [0.1, 0.15) is 0 Å². The lowest BCUT2D eigenvalue weighted by atomic mass is 10.0. The molecule has 0 bridgehead atoms. The van der Waals surface area contributed by atoms with Gasteiger partial charge in [0.25, 0.3) is 0 Å². The summed E-state index contributed by atoms with van der Waals surface area (Å²) in [5, 5.41) is 23.2. The van der Waals surface area contributed by atoms with Crippen LogP contribution in [-0.2, 0) is 14.3 Å². The van der Waals surface area contributed by atoms with Crippen LogP contribution in [0.1, 0.15) is 284 Å². The summed E-state index contributed by atoms with van der Waals surface area (Å²) in [6.45, 7) is 4.90. The number of aliphatic hydroxyl groups is 2. The normalized spacial score (nSPS) is 12.7. The minimum absolute atomic E-state index is 0.0268. The molecule has 0 fully saturated rings.